The molecule has 0 radical (unpaired) electrons. The summed E-state index contributed by atoms with van der Waals surface area (Å²) in [5, 5.41) is 9.69. The van der Waals surface area contributed by atoms with Crippen LogP contribution < -0.4 is 16.0 Å². The number of alkyl halides is 3. The first kappa shape index (κ1) is 23.9. The maximum atomic E-state index is 14.6. The Bertz CT molecular complexity index is 1130. The molecular weight excluding hydrogens is 464 g/mol. The maximum absolute atomic E-state index is 14.6. The van der Waals surface area contributed by atoms with Crippen LogP contribution in [0, 0.1) is 12.7 Å². The molecule has 188 valence electrons. The standard InChI is InChI=1S/C24H28F4N6O/c1-14-32-20-17(21(33-14)31-11-15-3-2-4-18(19(15)25)24(26,27)28)12-34(16-5-8-29-9-6-16)22(35)23(20)7-10-30-13-23/h2-4,16,29-30H,5-13H2,1H3,(H,31,32,33). The molecule has 3 N–H and O–H groups in total. The van der Waals surface area contributed by atoms with Gasteiger partial charge in [-0.2, -0.15) is 13.2 Å². The van der Waals surface area contributed by atoms with E-state index in [9.17, 15) is 22.4 Å². The summed E-state index contributed by atoms with van der Waals surface area (Å²) in [4.78, 5) is 24.9. The zero-order valence-electron chi connectivity index (χ0n) is 19.4. The third kappa shape index (κ3) is 4.24. The lowest BCUT2D eigenvalue weighted by molar-refractivity contribution is -0.142. The van der Waals surface area contributed by atoms with Crippen molar-refractivity contribution in [2.45, 2.75) is 56.9 Å². The van der Waals surface area contributed by atoms with Crippen LogP contribution in [0.3, 0.4) is 0 Å². The third-order valence-electron chi connectivity index (χ3n) is 7.31. The molecule has 2 aromatic rings. The molecule has 0 saturated carbocycles. The van der Waals surface area contributed by atoms with E-state index >= 15 is 0 Å². The Hall–Kier alpha value is -2.79. The Morgan fingerprint density at radius 2 is 1.94 bits per heavy atom. The molecule has 0 bridgehead atoms. The Labute approximate surface area is 200 Å². The number of aryl methyl sites for hydroxylation is 1. The fourth-order valence-electron chi connectivity index (χ4n) is 5.51. The number of rotatable bonds is 4. The van der Waals surface area contributed by atoms with E-state index in [0.717, 1.165) is 37.6 Å². The number of aromatic nitrogens is 2. The van der Waals surface area contributed by atoms with E-state index < -0.39 is 23.0 Å². The van der Waals surface area contributed by atoms with Gasteiger partial charge in [0, 0.05) is 30.3 Å². The summed E-state index contributed by atoms with van der Waals surface area (Å²) in [5.41, 5.74) is -0.785. The number of benzene rings is 1. The first-order valence-electron chi connectivity index (χ1n) is 11.9. The van der Waals surface area contributed by atoms with Crippen molar-refractivity contribution in [2.75, 3.05) is 31.5 Å². The zero-order valence-corrected chi connectivity index (χ0v) is 19.4. The highest BCUT2D eigenvalue weighted by Crippen LogP contribution is 2.42. The van der Waals surface area contributed by atoms with E-state index in [1.807, 2.05) is 4.90 Å². The smallest absolute Gasteiger partial charge is 0.365 e. The number of carbonyl (C=O) groups excluding carboxylic acids is 1. The number of hydrogen-bond acceptors (Lipinski definition) is 6. The summed E-state index contributed by atoms with van der Waals surface area (Å²) in [6, 6.07) is 3.34. The van der Waals surface area contributed by atoms with Crippen LogP contribution in [-0.4, -0.2) is 53.0 Å². The predicted molar refractivity (Wildman–Crippen MR) is 121 cm³/mol. The normalized spacial score (nSPS) is 23.1. The molecule has 1 spiro atoms. The molecule has 5 rings (SSSR count). The number of carbonyl (C=O) groups is 1. The summed E-state index contributed by atoms with van der Waals surface area (Å²) in [5.74, 6) is -0.350. The zero-order chi connectivity index (χ0) is 24.8. The molecule has 2 fully saturated rings. The third-order valence-corrected chi connectivity index (χ3v) is 7.31. The predicted octanol–water partition coefficient (Wildman–Crippen LogP) is 2.88. The summed E-state index contributed by atoms with van der Waals surface area (Å²) in [6.45, 7) is 4.67. The fourth-order valence-corrected chi connectivity index (χ4v) is 5.51. The van der Waals surface area contributed by atoms with Crippen LogP contribution in [-0.2, 0) is 29.5 Å². The fraction of sp³-hybridized carbons (Fsp3) is 0.542. The van der Waals surface area contributed by atoms with E-state index in [-0.39, 0.29) is 24.1 Å². The van der Waals surface area contributed by atoms with Crippen LogP contribution in [0.1, 0.15) is 47.5 Å². The first-order chi connectivity index (χ1) is 16.7. The van der Waals surface area contributed by atoms with Crippen LogP contribution in [0.15, 0.2) is 18.2 Å². The van der Waals surface area contributed by atoms with Gasteiger partial charge in [0.15, 0.2) is 0 Å². The molecule has 35 heavy (non-hydrogen) atoms. The summed E-state index contributed by atoms with van der Waals surface area (Å²) in [6.07, 6.45) is -2.48. The molecule has 2 saturated heterocycles. The number of fused-ring (bicyclic) bond motifs is 2. The number of hydrogen-bond donors (Lipinski definition) is 3. The number of halogens is 4. The van der Waals surface area contributed by atoms with Gasteiger partial charge in [-0.15, -0.1) is 0 Å². The van der Waals surface area contributed by atoms with Gasteiger partial charge in [0.1, 0.15) is 22.9 Å². The average molecular weight is 493 g/mol. The van der Waals surface area contributed by atoms with Crippen LogP contribution in [0.25, 0.3) is 0 Å². The number of anilines is 1. The highest BCUT2D eigenvalue weighted by atomic mass is 19.4. The van der Waals surface area contributed by atoms with Gasteiger partial charge in [-0.1, -0.05) is 12.1 Å². The van der Waals surface area contributed by atoms with Crippen LogP contribution in [0.2, 0.25) is 0 Å². The van der Waals surface area contributed by atoms with E-state index in [4.69, 9.17) is 0 Å². The molecule has 7 nitrogen and oxygen atoms in total. The SMILES string of the molecule is Cc1nc(NCc2cccc(C(F)(F)F)c2F)c2c(n1)C1(CCNC1)C(=O)N(C1CCNCC1)C2. The largest absolute Gasteiger partial charge is 0.419 e. The van der Waals surface area contributed by atoms with Crippen molar-refractivity contribution in [2.24, 2.45) is 0 Å². The molecule has 0 aliphatic carbocycles. The summed E-state index contributed by atoms with van der Waals surface area (Å²) < 4.78 is 54.1. The molecule has 1 amide bonds. The lowest BCUT2D eigenvalue weighted by Crippen LogP contribution is -2.57. The Morgan fingerprint density at radius 3 is 2.63 bits per heavy atom. The number of piperidine rings is 1. The van der Waals surface area contributed by atoms with Crippen molar-refractivity contribution >= 4 is 11.7 Å². The number of amides is 1. The maximum Gasteiger partial charge on any atom is 0.419 e. The molecule has 3 aliphatic rings. The van der Waals surface area contributed by atoms with Gasteiger partial charge in [0.25, 0.3) is 0 Å². The molecule has 3 aliphatic heterocycles. The van der Waals surface area contributed by atoms with Crippen molar-refractivity contribution in [1.82, 2.24) is 25.5 Å². The minimum Gasteiger partial charge on any atom is -0.365 e. The van der Waals surface area contributed by atoms with E-state index in [0.29, 0.717) is 43.4 Å². The summed E-state index contributed by atoms with van der Waals surface area (Å²) >= 11 is 0. The molecule has 4 heterocycles. The molecular formula is C24H28F4N6O. The van der Waals surface area contributed by atoms with Gasteiger partial charge in [-0.25, -0.2) is 14.4 Å². The van der Waals surface area contributed by atoms with E-state index in [1.54, 1.807) is 6.92 Å². The lowest BCUT2D eigenvalue weighted by atomic mass is 9.76. The summed E-state index contributed by atoms with van der Waals surface area (Å²) in [7, 11) is 0. The molecule has 1 aromatic carbocycles. The lowest BCUT2D eigenvalue weighted by Gasteiger charge is -2.45. The minimum absolute atomic E-state index is 0.0647. The monoisotopic (exact) mass is 492 g/mol. The van der Waals surface area contributed by atoms with Crippen molar-refractivity contribution in [3.63, 3.8) is 0 Å². The Kier molecular flexibility index (Phi) is 6.16. The van der Waals surface area contributed by atoms with Crippen molar-refractivity contribution < 1.29 is 22.4 Å². The molecule has 11 heteroatoms. The van der Waals surface area contributed by atoms with Crippen molar-refractivity contribution in [1.29, 1.82) is 0 Å². The topological polar surface area (TPSA) is 82.2 Å². The number of nitrogens with one attached hydrogen (secondary N) is 3. The highest BCUT2D eigenvalue weighted by Gasteiger charge is 2.52. The van der Waals surface area contributed by atoms with Gasteiger partial charge in [0.2, 0.25) is 5.91 Å². The molecule has 1 aromatic heterocycles. The van der Waals surface area contributed by atoms with Gasteiger partial charge in [-0.3, -0.25) is 4.79 Å². The van der Waals surface area contributed by atoms with Crippen molar-refractivity contribution in [3.8, 4) is 0 Å². The second kappa shape index (κ2) is 9.02. The Morgan fingerprint density at radius 1 is 1.17 bits per heavy atom. The van der Waals surface area contributed by atoms with E-state index in [2.05, 4.69) is 25.9 Å². The second-order valence-electron chi connectivity index (χ2n) is 9.50. The van der Waals surface area contributed by atoms with Gasteiger partial charge in [-0.05, 0) is 51.9 Å². The van der Waals surface area contributed by atoms with Gasteiger partial charge in [0.05, 0.1) is 17.8 Å². The Balaban J connectivity index is 1.51. The van der Waals surface area contributed by atoms with Crippen LogP contribution in [0.4, 0.5) is 23.4 Å². The quantitative estimate of drug-likeness (QED) is 0.570. The first-order valence-corrected chi connectivity index (χ1v) is 11.9. The van der Waals surface area contributed by atoms with E-state index in [1.165, 1.54) is 12.1 Å². The minimum atomic E-state index is -4.78. The molecule has 1 atom stereocenters. The number of nitrogens with zero attached hydrogens (tertiary/aromatic N) is 3. The highest BCUT2D eigenvalue weighted by molar-refractivity contribution is 5.91. The molecule has 1 unspecified atom stereocenters. The van der Waals surface area contributed by atoms with Gasteiger partial charge < -0.3 is 20.9 Å². The van der Waals surface area contributed by atoms with Crippen LogP contribution >= 0.6 is 0 Å². The van der Waals surface area contributed by atoms with Crippen LogP contribution in [0.5, 0.6) is 0 Å². The second-order valence-corrected chi connectivity index (χ2v) is 9.50. The van der Waals surface area contributed by atoms with Gasteiger partial charge >= 0.3 is 6.18 Å². The average Bonchev–Trinajstić information content (AvgIpc) is 3.32. The van der Waals surface area contributed by atoms with Crippen molar-refractivity contribution in [3.05, 3.63) is 52.2 Å².